The molecule has 17 heavy (non-hydrogen) atoms. The Morgan fingerprint density at radius 3 is 3.12 bits per heavy atom. The largest absolute Gasteiger partial charge is 0.331 e. The Labute approximate surface area is 108 Å². The Morgan fingerprint density at radius 1 is 1.53 bits per heavy atom. The van der Waals surface area contributed by atoms with Crippen LogP contribution in [0, 0.1) is 10.7 Å². The summed E-state index contributed by atoms with van der Waals surface area (Å²) in [5.41, 5.74) is 0.929. The summed E-state index contributed by atoms with van der Waals surface area (Å²) in [5, 5.41) is 1.92. The van der Waals surface area contributed by atoms with Gasteiger partial charge in [-0.3, -0.25) is 9.36 Å². The lowest BCUT2D eigenvalue weighted by Gasteiger charge is -2.05. The molecule has 0 bridgehead atoms. The summed E-state index contributed by atoms with van der Waals surface area (Å²) >= 11 is 6.72. The lowest BCUT2D eigenvalue weighted by Crippen LogP contribution is -2.21. The highest BCUT2D eigenvalue weighted by atomic mass is 32.1. The van der Waals surface area contributed by atoms with Gasteiger partial charge in [-0.2, -0.15) is 0 Å². The van der Waals surface area contributed by atoms with Crippen LogP contribution in [-0.4, -0.2) is 9.55 Å². The number of nitrogens with one attached hydrogen (secondary N) is 1. The number of fused-ring (bicyclic) bond motifs is 1. The van der Waals surface area contributed by atoms with E-state index in [9.17, 15) is 4.79 Å². The predicted molar refractivity (Wildman–Crippen MR) is 73.2 cm³/mol. The van der Waals surface area contributed by atoms with Gasteiger partial charge in [0.1, 0.15) is 4.70 Å². The van der Waals surface area contributed by atoms with Crippen LogP contribution in [0.5, 0.6) is 0 Å². The predicted octanol–water partition coefficient (Wildman–Crippen LogP) is 3.31. The third-order valence-corrected chi connectivity index (χ3v) is 4.51. The molecule has 1 aliphatic rings. The molecular weight excluding hydrogens is 252 g/mol. The molecule has 1 N–H and O–H groups in total. The van der Waals surface area contributed by atoms with Crippen molar-refractivity contribution >= 4 is 33.8 Å². The van der Waals surface area contributed by atoms with Gasteiger partial charge in [-0.15, -0.1) is 11.3 Å². The van der Waals surface area contributed by atoms with E-state index in [1.54, 1.807) is 4.57 Å². The maximum absolute atomic E-state index is 12.2. The maximum Gasteiger partial charge on any atom is 0.272 e. The van der Waals surface area contributed by atoms with Crippen molar-refractivity contribution in [1.82, 2.24) is 9.55 Å². The van der Waals surface area contributed by atoms with Crippen molar-refractivity contribution in [2.24, 2.45) is 5.92 Å². The minimum absolute atomic E-state index is 0.0644. The van der Waals surface area contributed by atoms with Crippen LogP contribution >= 0.6 is 23.6 Å². The summed E-state index contributed by atoms with van der Waals surface area (Å²) in [6, 6.07) is 1.91. The zero-order valence-corrected chi connectivity index (χ0v) is 11.1. The number of rotatable bonds is 4. The van der Waals surface area contributed by atoms with Crippen molar-refractivity contribution < 1.29 is 0 Å². The number of hydrogen-bond acceptors (Lipinski definition) is 3. The summed E-state index contributed by atoms with van der Waals surface area (Å²) in [6.45, 7) is 0.749. The maximum atomic E-state index is 12.2. The van der Waals surface area contributed by atoms with Crippen molar-refractivity contribution in [3.8, 4) is 0 Å². The lowest BCUT2D eigenvalue weighted by atomic mass is 10.2. The van der Waals surface area contributed by atoms with Crippen LogP contribution < -0.4 is 5.56 Å². The average molecular weight is 266 g/mol. The summed E-state index contributed by atoms with van der Waals surface area (Å²) in [6.07, 6.45) is 5.01. The topological polar surface area (TPSA) is 37.8 Å². The van der Waals surface area contributed by atoms with Crippen LogP contribution in [0.2, 0.25) is 0 Å². The van der Waals surface area contributed by atoms with E-state index in [-0.39, 0.29) is 5.56 Å². The normalized spacial score (nSPS) is 15.5. The van der Waals surface area contributed by atoms with Crippen LogP contribution in [0.1, 0.15) is 25.7 Å². The quantitative estimate of drug-likeness (QED) is 0.862. The highest BCUT2D eigenvalue weighted by Crippen LogP contribution is 2.33. The third-order valence-electron chi connectivity index (χ3n) is 3.28. The number of hydrogen-bond donors (Lipinski definition) is 1. The van der Waals surface area contributed by atoms with Gasteiger partial charge < -0.3 is 4.98 Å². The molecule has 5 heteroatoms. The van der Waals surface area contributed by atoms with Gasteiger partial charge >= 0.3 is 0 Å². The standard InChI is InChI=1S/C12H14N2OS2/c15-11-10-9(5-7-17-10)13-12(16)14(11)6-1-2-8-3-4-8/h5,7-8H,1-4,6H2,(H,13,16). The van der Waals surface area contributed by atoms with Gasteiger partial charge in [0, 0.05) is 6.54 Å². The fourth-order valence-electron chi connectivity index (χ4n) is 2.12. The van der Waals surface area contributed by atoms with Gasteiger partial charge in [-0.25, -0.2) is 0 Å². The monoisotopic (exact) mass is 266 g/mol. The van der Waals surface area contributed by atoms with Crippen molar-refractivity contribution in [2.75, 3.05) is 0 Å². The first-order valence-electron chi connectivity index (χ1n) is 5.96. The zero-order chi connectivity index (χ0) is 11.8. The van der Waals surface area contributed by atoms with Crippen LogP contribution in [0.3, 0.4) is 0 Å². The first kappa shape index (κ1) is 11.2. The first-order valence-corrected chi connectivity index (χ1v) is 7.25. The molecule has 1 fully saturated rings. The molecule has 3 rings (SSSR count). The minimum atomic E-state index is 0.0644. The van der Waals surface area contributed by atoms with Gasteiger partial charge in [0.25, 0.3) is 5.56 Å². The van der Waals surface area contributed by atoms with Crippen molar-refractivity contribution in [2.45, 2.75) is 32.2 Å². The Hall–Kier alpha value is -0.940. The molecule has 2 heterocycles. The average Bonchev–Trinajstić information content (AvgIpc) is 3.00. The number of aromatic nitrogens is 2. The van der Waals surface area contributed by atoms with Crippen molar-refractivity contribution in [3.05, 3.63) is 26.6 Å². The van der Waals surface area contributed by atoms with E-state index in [2.05, 4.69) is 4.98 Å². The first-order chi connectivity index (χ1) is 8.25. The second-order valence-corrected chi connectivity index (χ2v) is 5.94. The Bertz CT molecular complexity index is 648. The summed E-state index contributed by atoms with van der Waals surface area (Å²) < 4.78 is 3.04. The van der Waals surface area contributed by atoms with Gasteiger partial charge in [0.15, 0.2) is 4.77 Å². The molecule has 1 saturated carbocycles. The smallest absolute Gasteiger partial charge is 0.272 e. The third kappa shape index (κ3) is 2.21. The van der Waals surface area contributed by atoms with Crippen molar-refractivity contribution in [1.29, 1.82) is 0 Å². The van der Waals surface area contributed by atoms with E-state index in [4.69, 9.17) is 12.2 Å². The molecule has 1 aliphatic carbocycles. The summed E-state index contributed by atoms with van der Waals surface area (Å²) in [7, 11) is 0. The van der Waals surface area contributed by atoms with E-state index >= 15 is 0 Å². The number of thiophene rings is 1. The molecule has 3 nitrogen and oxygen atoms in total. The van der Waals surface area contributed by atoms with E-state index in [1.807, 2.05) is 11.4 Å². The molecule has 2 aromatic rings. The fraction of sp³-hybridized carbons (Fsp3) is 0.500. The molecule has 0 amide bonds. The summed E-state index contributed by atoms with van der Waals surface area (Å²) in [4.78, 5) is 15.3. The zero-order valence-electron chi connectivity index (χ0n) is 9.44. The van der Waals surface area contributed by atoms with Gasteiger partial charge in [0.05, 0.1) is 5.52 Å². The SMILES string of the molecule is O=c1c2sccc2[nH]c(=S)n1CCCC1CC1. The van der Waals surface area contributed by atoms with Crippen LogP contribution in [-0.2, 0) is 6.54 Å². The number of nitrogens with zero attached hydrogens (tertiary/aromatic N) is 1. The molecule has 90 valence electrons. The Kier molecular flexibility index (Phi) is 2.88. The van der Waals surface area contributed by atoms with Gasteiger partial charge in [-0.1, -0.05) is 12.8 Å². The van der Waals surface area contributed by atoms with Crippen molar-refractivity contribution in [3.63, 3.8) is 0 Å². The number of H-pyrrole nitrogens is 1. The molecular formula is C12H14N2OS2. The Balaban J connectivity index is 1.90. The Morgan fingerprint density at radius 2 is 2.35 bits per heavy atom. The number of aromatic amines is 1. The molecule has 2 aromatic heterocycles. The molecule has 0 radical (unpaired) electrons. The van der Waals surface area contributed by atoms with E-state index < -0.39 is 0 Å². The second kappa shape index (κ2) is 4.38. The van der Waals surface area contributed by atoms with Gasteiger partial charge in [0.2, 0.25) is 0 Å². The molecule has 0 aromatic carbocycles. The van der Waals surface area contributed by atoms with Gasteiger partial charge in [-0.05, 0) is 42.4 Å². The lowest BCUT2D eigenvalue weighted by molar-refractivity contribution is 0.558. The molecule has 0 saturated heterocycles. The van der Waals surface area contributed by atoms with Crippen LogP contribution in [0.25, 0.3) is 10.2 Å². The van der Waals surface area contributed by atoms with Crippen LogP contribution in [0.4, 0.5) is 0 Å². The summed E-state index contributed by atoms with van der Waals surface area (Å²) in [5.74, 6) is 0.911. The molecule has 0 atom stereocenters. The fourth-order valence-corrected chi connectivity index (χ4v) is 3.20. The van der Waals surface area contributed by atoms with E-state index in [1.165, 1.54) is 30.6 Å². The molecule has 0 spiro atoms. The second-order valence-electron chi connectivity index (χ2n) is 4.64. The minimum Gasteiger partial charge on any atom is -0.331 e. The molecule has 0 unspecified atom stereocenters. The highest BCUT2D eigenvalue weighted by Gasteiger charge is 2.20. The van der Waals surface area contributed by atoms with Crippen LogP contribution in [0.15, 0.2) is 16.2 Å². The van der Waals surface area contributed by atoms with E-state index in [0.717, 1.165) is 29.1 Å². The molecule has 0 aliphatic heterocycles. The van der Waals surface area contributed by atoms with E-state index in [0.29, 0.717) is 4.77 Å². The highest BCUT2D eigenvalue weighted by molar-refractivity contribution is 7.71.